The van der Waals surface area contributed by atoms with E-state index in [0.29, 0.717) is 6.54 Å². The van der Waals surface area contributed by atoms with Gasteiger partial charge in [0.25, 0.3) is 0 Å². The molecule has 1 aliphatic rings. The summed E-state index contributed by atoms with van der Waals surface area (Å²) in [6, 6.07) is 6.87. The van der Waals surface area contributed by atoms with Crippen molar-refractivity contribution in [1.29, 1.82) is 0 Å². The molecule has 156 valence electrons. The highest BCUT2D eigenvalue weighted by atomic mass is 32.1. The lowest BCUT2D eigenvalue weighted by atomic mass is 10.0. The highest BCUT2D eigenvalue weighted by Gasteiger charge is 2.35. The summed E-state index contributed by atoms with van der Waals surface area (Å²) in [5, 5.41) is 5.56. The second-order valence-electron chi connectivity index (χ2n) is 6.91. The summed E-state index contributed by atoms with van der Waals surface area (Å²) in [7, 11) is 0. The van der Waals surface area contributed by atoms with Gasteiger partial charge in [-0.2, -0.15) is 18.2 Å². The Morgan fingerprint density at radius 3 is 2.59 bits per heavy atom. The maximum Gasteiger partial charge on any atom is 0.433 e. The number of aromatic nitrogens is 2. The molecule has 0 aliphatic carbocycles. The number of rotatable bonds is 4. The summed E-state index contributed by atoms with van der Waals surface area (Å²) in [4.78, 5) is 9.70. The molecule has 0 spiro atoms. The third-order valence-corrected chi connectivity index (χ3v) is 4.94. The Bertz CT molecular complexity index is 857. The van der Waals surface area contributed by atoms with Gasteiger partial charge in [-0.1, -0.05) is 12.1 Å². The normalized spacial score (nSPS) is 17.1. The molecular formula is C19H21F4N5S. The number of hydrogen-bond acceptors (Lipinski definition) is 4. The van der Waals surface area contributed by atoms with Crippen molar-refractivity contribution in [1.82, 2.24) is 15.3 Å². The van der Waals surface area contributed by atoms with Crippen LogP contribution in [0.1, 0.15) is 37.4 Å². The molecule has 1 saturated heterocycles. The van der Waals surface area contributed by atoms with Gasteiger partial charge < -0.3 is 15.5 Å². The van der Waals surface area contributed by atoms with E-state index in [2.05, 4.69) is 20.6 Å². The number of nitrogens with zero attached hydrogens (tertiary/aromatic N) is 3. The van der Waals surface area contributed by atoms with Crippen LogP contribution in [0.2, 0.25) is 0 Å². The molecule has 3 rings (SSSR count). The van der Waals surface area contributed by atoms with Crippen molar-refractivity contribution in [2.24, 2.45) is 0 Å². The molecular weight excluding hydrogens is 406 g/mol. The summed E-state index contributed by atoms with van der Waals surface area (Å²) in [6.45, 7) is 2.89. The van der Waals surface area contributed by atoms with Crippen molar-refractivity contribution in [3.63, 3.8) is 0 Å². The topological polar surface area (TPSA) is 53.1 Å². The van der Waals surface area contributed by atoms with Crippen molar-refractivity contribution in [3.8, 4) is 0 Å². The van der Waals surface area contributed by atoms with Crippen LogP contribution >= 0.6 is 12.2 Å². The molecule has 1 atom stereocenters. The zero-order chi connectivity index (χ0) is 21.0. The van der Waals surface area contributed by atoms with Crippen molar-refractivity contribution in [2.45, 2.75) is 44.9 Å². The minimum Gasteiger partial charge on any atom is -0.358 e. The highest BCUT2D eigenvalue weighted by Crippen LogP contribution is 2.32. The first kappa shape index (κ1) is 21.2. The Hall–Kier alpha value is -2.49. The van der Waals surface area contributed by atoms with Gasteiger partial charge in [0.05, 0.1) is 0 Å². The molecule has 2 N–H and O–H groups in total. The molecule has 2 heterocycles. The standard InChI is InChI=1S/C19H21F4N5S/c1-12-4-2-3-9-28(12)16-10-15(19(21,22)23)25-17(26-16)27-18(29)24-11-13-5-7-14(20)8-6-13/h5-8,10,12H,2-4,9,11H2,1H3,(H2,24,25,26,27,29)/t12-/m0/s1. The van der Waals surface area contributed by atoms with E-state index in [-0.39, 0.29) is 35.3 Å². The predicted molar refractivity (Wildman–Crippen MR) is 107 cm³/mol. The van der Waals surface area contributed by atoms with Crippen LogP contribution in [0.25, 0.3) is 0 Å². The number of alkyl halides is 3. The van der Waals surface area contributed by atoms with E-state index in [9.17, 15) is 17.6 Å². The summed E-state index contributed by atoms with van der Waals surface area (Å²) < 4.78 is 53.0. The third kappa shape index (κ3) is 5.75. The average Bonchev–Trinajstić information content (AvgIpc) is 2.67. The number of benzene rings is 1. The van der Waals surface area contributed by atoms with Gasteiger partial charge in [-0.15, -0.1) is 0 Å². The summed E-state index contributed by atoms with van der Waals surface area (Å²) in [5.74, 6) is -0.348. The first-order valence-electron chi connectivity index (χ1n) is 9.24. The van der Waals surface area contributed by atoms with Crippen molar-refractivity contribution in [3.05, 3.63) is 47.4 Å². The van der Waals surface area contributed by atoms with E-state index >= 15 is 0 Å². The predicted octanol–water partition coefficient (Wildman–Crippen LogP) is 4.50. The highest BCUT2D eigenvalue weighted by molar-refractivity contribution is 7.80. The van der Waals surface area contributed by atoms with Gasteiger partial charge in [-0.25, -0.2) is 9.37 Å². The first-order valence-corrected chi connectivity index (χ1v) is 9.65. The fourth-order valence-corrected chi connectivity index (χ4v) is 3.31. The lowest BCUT2D eigenvalue weighted by Gasteiger charge is -2.34. The van der Waals surface area contributed by atoms with Gasteiger partial charge in [0, 0.05) is 25.2 Å². The average molecular weight is 427 g/mol. The molecule has 5 nitrogen and oxygen atoms in total. The quantitative estimate of drug-likeness (QED) is 0.554. The second-order valence-corrected chi connectivity index (χ2v) is 7.31. The van der Waals surface area contributed by atoms with E-state index in [0.717, 1.165) is 30.9 Å². The number of thiocarbonyl (C=S) groups is 1. The van der Waals surface area contributed by atoms with E-state index in [4.69, 9.17) is 12.2 Å². The molecule has 0 bridgehead atoms. The van der Waals surface area contributed by atoms with E-state index < -0.39 is 11.9 Å². The van der Waals surface area contributed by atoms with Crippen molar-refractivity contribution >= 4 is 29.1 Å². The van der Waals surface area contributed by atoms with Crippen LogP contribution in [0.4, 0.5) is 29.3 Å². The Morgan fingerprint density at radius 1 is 1.21 bits per heavy atom. The van der Waals surface area contributed by atoms with Gasteiger partial charge in [-0.3, -0.25) is 0 Å². The second kappa shape index (κ2) is 8.89. The summed E-state index contributed by atoms with van der Waals surface area (Å²) in [6.07, 6.45) is -1.77. The molecule has 0 saturated carbocycles. The molecule has 1 aromatic carbocycles. The van der Waals surface area contributed by atoms with Gasteiger partial charge in [0.1, 0.15) is 11.6 Å². The lowest BCUT2D eigenvalue weighted by Crippen LogP contribution is -2.38. The van der Waals surface area contributed by atoms with Crippen LogP contribution in [0.5, 0.6) is 0 Å². The fraction of sp³-hybridized carbons (Fsp3) is 0.421. The molecule has 0 radical (unpaired) electrons. The maximum absolute atomic E-state index is 13.3. The molecule has 1 aliphatic heterocycles. The van der Waals surface area contributed by atoms with Gasteiger partial charge in [0.2, 0.25) is 5.95 Å². The van der Waals surface area contributed by atoms with Crippen LogP contribution < -0.4 is 15.5 Å². The molecule has 10 heteroatoms. The van der Waals surface area contributed by atoms with Gasteiger partial charge >= 0.3 is 6.18 Å². The van der Waals surface area contributed by atoms with Crippen LogP contribution in [0.3, 0.4) is 0 Å². The van der Waals surface area contributed by atoms with E-state index in [1.54, 1.807) is 12.1 Å². The number of hydrogen-bond donors (Lipinski definition) is 2. The van der Waals surface area contributed by atoms with Crippen molar-refractivity contribution < 1.29 is 17.6 Å². The minimum atomic E-state index is -4.60. The van der Waals surface area contributed by atoms with Crippen LogP contribution in [-0.4, -0.2) is 27.7 Å². The number of piperidine rings is 1. The number of halogens is 4. The Labute approximate surface area is 171 Å². The third-order valence-electron chi connectivity index (χ3n) is 4.69. The fourth-order valence-electron chi connectivity index (χ4n) is 3.15. The largest absolute Gasteiger partial charge is 0.433 e. The molecule has 1 fully saturated rings. The molecule has 0 unspecified atom stereocenters. The molecule has 0 amide bonds. The Morgan fingerprint density at radius 2 is 1.93 bits per heavy atom. The SMILES string of the molecule is C[C@H]1CCCCN1c1cc(C(F)(F)F)nc(NC(=S)NCc2ccc(F)cc2)n1. The molecule has 29 heavy (non-hydrogen) atoms. The first-order chi connectivity index (χ1) is 13.7. The van der Waals surface area contributed by atoms with Crippen LogP contribution in [-0.2, 0) is 12.7 Å². The monoisotopic (exact) mass is 427 g/mol. The number of anilines is 2. The molecule has 1 aromatic heterocycles. The zero-order valence-corrected chi connectivity index (χ0v) is 16.6. The Kier molecular flexibility index (Phi) is 6.51. The zero-order valence-electron chi connectivity index (χ0n) is 15.8. The van der Waals surface area contributed by atoms with E-state index in [1.807, 2.05) is 11.8 Å². The maximum atomic E-state index is 13.3. The van der Waals surface area contributed by atoms with Crippen molar-refractivity contribution in [2.75, 3.05) is 16.8 Å². The minimum absolute atomic E-state index is 0.0753. The van der Waals surface area contributed by atoms with Crippen LogP contribution in [0, 0.1) is 5.82 Å². The smallest absolute Gasteiger partial charge is 0.358 e. The van der Waals surface area contributed by atoms with Gasteiger partial charge in [-0.05, 0) is 56.1 Å². The van der Waals surface area contributed by atoms with Crippen LogP contribution in [0.15, 0.2) is 30.3 Å². The lowest BCUT2D eigenvalue weighted by molar-refractivity contribution is -0.141. The molecule has 2 aromatic rings. The Balaban J connectivity index is 1.75. The summed E-state index contributed by atoms with van der Waals surface area (Å²) >= 11 is 5.15. The van der Waals surface area contributed by atoms with E-state index in [1.165, 1.54) is 12.1 Å². The summed E-state index contributed by atoms with van der Waals surface area (Å²) in [5.41, 5.74) is -0.257. The number of nitrogens with one attached hydrogen (secondary N) is 2. The van der Waals surface area contributed by atoms with Gasteiger partial charge in [0.15, 0.2) is 10.8 Å².